The van der Waals surface area contributed by atoms with E-state index in [-0.39, 0.29) is 0 Å². The van der Waals surface area contributed by atoms with Gasteiger partial charge in [-0.1, -0.05) is 6.07 Å². The van der Waals surface area contributed by atoms with Crippen LogP contribution in [-0.4, -0.2) is 61.4 Å². The van der Waals surface area contributed by atoms with E-state index in [9.17, 15) is 13.6 Å². The number of carbonyl (C=O) groups is 1. The maximum Gasteiger partial charge on any atom is 0.322 e. The van der Waals surface area contributed by atoms with E-state index < -0.39 is 23.4 Å². The van der Waals surface area contributed by atoms with Crippen LogP contribution in [0.25, 0.3) is 0 Å². The molecular weight excluding hydrogens is 342 g/mol. The fourth-order valence-electron chi connectivity index (χ4n) is 2.67. The minimum atomic E-state index is -0.798. The van der Waals surface area contributed by atoms with Gasteiger partial charge in [0.25, 0.3) is 0 Å². The molecule has 1 aromatic carbocycles. The number of carbonyl (C=O) groups excluding carboxylic acids is 1. The van der Waals surface area contributed by atoms with Crippen LogP contribution in [-0.2, 0) is 0 Å². The number of nitrogens with one attached hydrogen (secondary N) is 1. The second-order valence-electron chi connectivity index (χ2n) is 6.15. The SMILES string of the molecule is CN(C)c1ccc(N2CCN(C(=O)Nc3c(F)cccc3F)CC2)nn1. The van der Waals surface area contributed by atoms with Gasteiger partial charge < -0.3 is 20.0 Å². The van der Waals surface area contributed by atoms with Crippen LogP contribution in [0.3, 0.4) is 0 Å². The van der Waals surface area contributed by atoms with Gasteiger partial charge in [0.1, 0.15) is 17.3 Å². The molecule has 2 amide bonds. The molecule has 1 saturated heterocycles. The standard InChI is InChI=1S/C17H20F2N6O/c1-23(2)14-6-7-15(22-21-14)24-8-10-25(11-9-24)17(26)20-16-12(18)4-3-5-13(16)19/h3-7H,8-11H2,1-2H3,(H,20,26). The molecule has 2 aromatic rings. The zero-order valence-electron chi connectivity index (χ0n) is 14.6. The summed E-state index contributed by atoms with van der Waals surface area (Å²) in [4.78, 5) is 17.7. The van der Waals surface area contributed by atoms with Crippen molar-refractivity contribution in [1.82, 2.24) is 15.1 Å². The Morgan fingerprint density at radius 2 is 1.69 bits per heavy atom. The summed E-state index contributed by atoms with van der Waals surface area (Å²) in [7, 11) is 3.78. The van der Waals surface area contributed by atoms with Crippen molar-refractivity contribution in [3.05, 3.63) is 42.0 Å². The Morgan fingerprint density at radius 1 is 1.04 bits per heavy atom. The van der Waals surface area contributed by atoms with Crippen molar-refractivity contribution in [2.75, 3.05) is 55.4 Å². The fourth-order valence-corrected chi connectivity index (χ4v) is 2.67. The minimum Gasteiger partial charge on any atom is -0.361 e. The quantitative estimate of drug-likeness (QED) is 0.907. The molecule has 3 rings (SSSR count). The van der Waals surface area contributed by atoms with Gasteiger partial charge >= 0.3 is 6.03 Å². The van der Waals surface area contributed by atoms with Gasteiger partial charge in [-0.25, -0.2) is 13.6 Å². The maximum absolute atomic E-state index is 13.7. The van der Waals surface area contributed by atoms with Crippen LogP contribution in [0, 0.1) is 11.6 Å². The molecule has 7 nitrogen and oxygen atoms in total. The van der Waals surface area contributed by atoms with Crippen LogP contribution in [0.15, 0.2) is 30.3 Å². The highest BCUT2D eigenvalue weighted by Crippen LogP contribution is 2.20. The first-order valence-electron chi connectivity index (χ1n) is 8.21. The largest absolute Gasteiger partial charge is 0.361 e. The maximum atomic E-state index is 13.7. The molecule has 0 atom stereocenters. The van der Waals surface area contributed by atoms with Crippen LogP contribution in [0.5, 0.6) is 0 Å². The number of nitrogens with zero attached hydrogens (tertiary/aromatic N) is 5. The number of amides is 2. The van der Waals surface area contributed by atoms with Crippen molar-refractivity contribution >= 4 is 23.4 Å². The molecule has 138 valence electrons. The van der Waals surface area contributed by atoms with E-state index >= 15 is 0 Å². The Morgan fingerprint density at radius 3 is 2.23 bits per heavy atom. The van der Waals surface area contributed by atoms with Gasteiger partial charge in [-0.3, -0.25) is 0 Å². The Bertz CT molecular complexity index is 755. The molecule has 1 fully saturated rings. The summed E-state index contributed by atoms with van der Waals surface area (Å²) < 4.78 is 27.3. The second-order valence-corrected chi connectivity index (χ2v) is 6.15. The molecule has 26 heavy (non-hydrogen) atoms. The van der Waals surface area contributed by atoms with E-state index in [1.807, 2.05) is 36.0 Å². The number of benzene rings is 1. The number of hydrogen-bond acceptors (Lipinski definition) is 5. The summed E-state index contributed by atoms with van der Waals surface area (Å²) in [6.07, 6.45) is 0. The van der Waals surface area contributed by atoms with Gasteiger partial charge in [0.15, 0.2) is 11.6 Å². The summed E-state index contributed by atoms with van der Waals surface area (Å²) in [5, 5.41) is 10.6. The fraction of sp³-hybridized carbons (Fsp3) is 0.353. The van der Waals surface area contributed by atoms with E-state index in [4.69, 9.17) is 0 Å². The molecule has 0 aliphatic carbocycles. The van der Waals surface area contributed by atoms with E-state index in [0.29, 0.717) is 26.2 Å². The van der Waals surface area contributed by atoms with Gasteiger partial charge in [0, 0.05) is 40.3 Å². The van der Waals surface area contributed by atoms with Crippen LogP contribution in [0.4, 0.5) is 30.9 Å². The van der Waals surface area contributed by atoms with E-state index in [1.165, 1.54) is 11.0 Å². The highest BCUT2D eigenvalue weighted by atomic mass is 19.1. The van der Waals surface area contributed by atoms with Gasteiger partial charge in [0.2, 0.25) is 0 Å². The monoisotopic (exact) mass is 362 g/mol. The number of halogens is 2. The first-order valence-corrected chi connectivity index (χ1v) is 8.21. The lowest BCUT2D eigenvalue weighted by atomic mass is 10.3. The highest BCUT2D eigenvalue weighted by Gasteiger charge is 2.23. The van der Waals surface area contributed by atoms with Gasteiger partial charge in [-0.05, 0) is 24.3 Å². The van der Waals surface area contributed by atoms with Crippen molar-refractivity contribution in [3.8, 4) is 0 Å². The van der Waals surface area contributed by atoms with E-state index in [2.05, 4.69) is 15.5 Å². The van der Waals surface area contributed by atoms with Crippen molar-refractivity contribution in [1.29, 1.82) is 0 Å². The Balaban J connectivity index is 1.58. The first-order chi connectivity index (χ1) is 12.5. The van der Waals surface area contributed by atoms with Gasteiger partial charge in [0.05, 0.1) is 0 Å². The lowest BCUT2D eigenvalue weighted by Gasteiger charge is -2.35. The third kappa shape index (κ3) is 3.81. The van der Waals surface area contributed by atoms with E-state index in [0.717, 1.165) is 23.8 Å². The Kier molecular flexibility index (Phi) is 5.15. The van der Waals surface area contributed by atoms with Crippen LogP contribution >= 0.6 is 0 Å². The van der Waals surface area contributed by atoms with Crippen molar-refractivity contribution in [2.24, 2.45) is 0 Å². The number of aromatic nitrogens is 2. The number of para-hydroxylation sites is 1. The van der Waals surface area contributed by atoms with Crippen molar-refractivity contribution < 1.29 is 13.6 Å². The zero-order valence-corrected chi connectivity index (χ0v) is 14.6. The second kappa shape index (κ2) is 7.51. The van der Waals surface area contributed by atoms with Gasteiger partial charge in [-0.15, -0.1) is 10.2 Å². The lowest BCUT2D eigenvalue weighted by molar-refractivity contribution is 0.207. The number of anilines is 3. The minimum absolute atomic E-state index is 0.416. The molecule has 0 saturated carbocycles. The topological polar surface area (TPSA) is 64.6 Å². The van der Waals surface area contributed by atoms with E-state index in [1.54, 1.807) is 0 Å². The van der Waals surface area contributed by atoms with Gasteiger partial charge in [-0.2, -0.15) is 0 Å². The molecule has 0 radical (unpaired) electrons. The number of hydrogen-bond donors (Lipinski definition) is 1. The molecule has 1 aliphatic rings. The number of piperazine rings is 1. The third-order valence-electron chi connectivity index (χ3n) is 4.18. The molecule has 2 heterocycles. The first kappa shape index (κ1) is 17.8. The summed E-state index contributed by atoms with van der Waals surface area (Å²) in [5.41, 5.74) is -0.426. The predicted molar refractivity (Wildman–Crippen MR) is 95.5 cm³/mol. The molecule has 0 spiro atoms. The van der Waals surface area contributed by atoms with Crippen molar-refractivity contribution in [2.45, 2.75) is 0 Å². The normalized spacial score (nSPS) is 14.3. The molecule has 1 aliphatic heterocycles. The molecule has 1 N–H and O–H groups in total. The highest BCUT2D eigenvalue weighted by molar-refractivity contribution is 5.89. The summed E-state index contributed by atoms with van der Waals surface area (Å²) >= 11 is 0. The summed E-state index contributed by atoms with van der Waals surface area (Å²) in [6.45, 7) is 1.95. The molecule has 0 unspecified atom stereocenters. The predicted octanol–water partition coefficient (Wildman–Crippen LogP) is 2.17. The molecule has 9 heteroatoms. The van der Waals surface area contributed by atoms with Crippen LogP contribution in [0.1, 0.15) is 0 Å². The Hall–Kier alpha value is -2.97. The van der Waals surface area contributed by atoms with Crippen LogP contribution in [0.2, 0.25) is 0 Å². The lowest BCUT2D eigenvalue weighted by Crippen LogP contribution is -2.50. The van der Waals surface area contributed by atoms with Crippen molar-refractivity contribution in [3.63, 3.8) is 0 Å². The Labute approximate surface area is 150 Å². The summed E-state index contributed by atoms with van der Waals surface area (Å²) in [6, 6.07) is 6.69. The average molecular weight is 362 g/mol. The smallest absolute Gasteiger partial charge is 0.322 e. The molecule has 0 bridgehead atoms. The molecule has 1 aromatic heterocycles. The number of urea groups is 1. The number of rotatable bonds is 3. The summed E-state index contributed by atoms with van der Waals surface area (Å²) in [5.74, 6) is -0.101. The zero-order chi connectivity index (χ0) is 18.7. The third-order valence-corrected chi connectivity index (χ3v) is 4.18. The molecular formula is C17H20F2N6O. The average Bonchev–Trinajstić information content (AvgIpc) is 2.65. The van der Waals surface area contributed by atoms with Crippen LogP contribution < -0.4 is 15.1 Å².